The van der Waals surface area contributed by atoms with E-state index in [1.165, 1.54) is 53.7 Å². The minimum atomic E-state index is -7.08. The fourth-order valence-electron chi connectivity index (χ4n) is 6.16. The van der Waals surface area contributed by atoms with E-state index in [1.54, 1.807) is 4.90 Å². The number of unbranched alkanes of at least 4 members (excludes halogenated alkanes) is 1. The molecule has 1 saturated carbocycles. The summed E-state index contributed by atoms with van der Waals surface area (Å²) in [5, 5.41) is -10.8. The summed E-state index contributed by atoms with van der Waals surface area (Å²) in [6.07, 6.45) is 9.74. The average Bonchev–Trinajstić information content (AvgIpc) is 3.71. The lowest BCUT2D eigenvalue weighted by Crippen LogP contribution is -2.61. The van der Waals surface area contributed by atoms with E-state index in [1.807, 2.05) is 30.3 Å². The Bertz CT molecular complexity index is 2070. The van der Waals surface area contributed by atoms with Crippen molar-refractivity contribution in [3.63, 3.8) is 0 Å². The predicted molar refractivity (Wildman–Crippen MR) is 212 cm³/mol. The van der Waals surface area contributed by atoms with Crippen LogP contribution in [0.1, 0.15) is 76.2 Å². The summed E-state index contributed by atoms with van der Waals surface area (Å²) in [6, 6.07) is 27.6. The number of ether oxygens (including phenoxy) is 1. The summed E-state index contributed by atoms with van der Waals surface area (Å²) in [4.78, 5) is 2.68. The molecule has 2 aliphatic rings. The van der Waals surface area contributed by atoms with Crippen molar-refractivity contribution in [1.29, 1.82) is 0 Å². The predicted octanol–water partition coefficient (Wildman–Crippen LogP) is 10.00. The molecule has 1 aliphatic heterocycles. The van der Waals surface area contributed by atoms with E-state index in [9.17, 15) is 43.2 Å². The van der Waals surface area contributed by atoms with Crippen molar-refractivity contribution in [2.24, 2.45) is 0 Å². The van der Waals surface area contributed by atoms with Gasteiger partial charge in [-0.1, -0.05) is 81.1 Å². The van der Waals surface area contributed by atoms with Gasteiger partial charge in [0.2, 0.25) is 0 Å². The first-order valence-corrected chi connectivity index (χ1v) is 23.0. The van der Waals surface area contributed by atoms with Crippen molar-refractivity contribution in [2.75, 3.05) is 18.1 Å². The Labute approximate surface area is 332 Å². The molecule has 1 heterocycles. The summed E-state index contributed by atoms with van der Waals surface area (Å²) < 4.78 is 143. The topological polar surface area (TPSA) is 107 Å². The number of rotatable bonds is 12. The molecule has 7 nitrogen and oxygen atoms in total. The van der Waals surface area contributed by atoms with Crippen LogP contribution < -0.4 is 8.92 Å². The van der Waals surface area contributed by atoms with E-state index in [-0.39, 0.29) is 5.92 Å². The molecule has 4 aromatic rings. The van der Waals surface area contributed by atoms with Gasteiger partial charge in [0.1, 0.15) is 27.9 Å². The van der Waals surface area contributed by atoms with Crippen LogP contribution >= 0.6 is 0 Å². The first kappa shape index (κ1) is 45.6. The standard InChI is InChI=1S/C18H23OS.C15H16F6O6S2.C6H6S/c1-2-3-12-19-17-10-11-18(20-13-6-7-14-20)16-9-5-4-8-15(16)17;16-13(17,14(18,19)28(22,23)24)15(20,21)29(25,26)27-12-8-6-11(7-9-12)10-4-2-1-3-5-10;7-6-4-2-1-3-5-6/h4-5,8-11H,2-3,6-7,12-14H2,1H3;6-10H,1-5H2,(H,22,23,24);1-5,7H/q+1;;/p+1. The van der Waals surface area contributed by atoms with Gasteiger partial charge in [-0.05, 0) is 98.7 Å². The maximum atomic E-state index is 13.7. The van der Waals surface area contributed by atoms with Crippen LogP contribution in [0.4, 0.5) is 26.3 Å². The van der Waals surface area contributed by atoms with Crippen LogP contribution in [0, 0.1) is 0 Å². The number of fused-ring (bicyclic) bond motifs is 1. The average molecular weight is 869 g/mol. The van der Waals surface area contributed by atoms with Crippen LogP contribution in [-0.2, 0) is 43.8 Å². The van der Waals surface area contributed by atoms with Crippen molar-refractivity contribution in [2.45, 2.75) is 96.9 Å². The highest BCUT2D eigenvalue weighted by molar-refractivity contribution is 7.97. The molecule has 308 valence electrons. The molecule has 4 aromatic carbocycles. The third kappa shape index (κ3) is 10.9. The van der Waals surface area contributed by atoms with Gasteiger partial charge in [0.05, 0.1) is 6.61 Å². The Kier molecular flexibility index (Phi) is 15.9. The zero-order valence-corrected chi connectivity index (χ0v) is 34.1. The molecular formula is C39H46F6O7S4+2. The summed E-state index contributed by atoms with van der Waals surface area (Å²) in [5.41, 5.74) is 0.726. The van der Waals surface area contributed by atoms with Gasteiger partial charge < -0.3 is 8.92 Å². The van der Waals surface area contributed by atoms with Gasteiger partial charge >= 0.3 is 36.7 Å². The molecule has 0 aromatic heterocycles. The Morgan fingerprint density at radius 3 is 1.84 bits per heavy atom. The Balaban J connectivity index is 0.000000220. The maximum absolute atomic E-state index is 13.7. The molecule has 1 aliphatic carbocycles. The largest absolute Gasteiger partial charge is 0.493 e. The zero-order valence-electron chi connectivity index (χ0n) is 30.6. The highest BCUT2D eigenvalue weighted by Crippen LogP contribution is 2.51. The second kappa shape index (κ2) is 19.6. The molecule has 0 radical (unpaired) electrons. The maximum Gasteiger partial charge on any atom is 0.450 e. The zero-order chi connectivity index (χ0) is 41.2. The second-order valence-electron chi connectivity index (χ2n) is 13.3. The van der Waals surface area contributed by atoms with Crippen LogP contribution in [0.15, 0.2) is 101 Å². The Morgan fingerprint density at radius 1 is 0.732 bits per heavy atom. The third-order valence-corrected chi connectivity index (χ3v) is 14.3. The van der Waals surface area contributed by atoms with E-state index in [0.29, 0.717) is 10.9 Å². The van der Waals surface area contributed by atoms with Gasteiger partial charge in [-0.25, -0.2) is 0 Å². The lowest BCUT2D eigenvalue weighted by atomic mass is 9.84. The normalized spacial score (nSPS) is 16.0. The number of halogens is 6. The minimum Gasteiger partial charge on any atom is -0.493 e. The quantitative estimate of drug-likeness (QED) is 0.0497. The van der Waals surface area contributed by atoms with Crippen molar-refractivity contribution in [1.82, 2.24) is 0 Å². The highest BCUT2D eigenvalue weighted by Gasteiger charge is 2.83. The molecular weight excluding hydrogens is 823 g/mol. The Morgan fingerprint density at radius 2 is 1.30 bits per heavy atom. The fourth-order valence-corrected chi connectivity index (χ4v) is 10.3. The third-order valence-electron chi connectivity index (χ3n) is 9.25. The van der Waals surface area contributed by atoms with Crippen LogP contribution in [0.25, 0.3) is 10.8 Å². The molecule has 0 unspecified atom stereocenters. The number of hydrogen-bond donors (Lipinski definition) is 1. The van der Waals surface area contributed by atoms with E-state index in [0.717, 1.165) is 73.5 Å². The molecule has 1 N–H and O–H groups in total. The first-order chi connectivity index (χ1) is 26.3. The van der Waals surface area contributed by atoms with Crippen LogP contribution in [0.3, 0.4) is 0 Å². The van der Waals surface area contributed by atoms with E-state index < -0.39 is 42.4 Å². The summed E-state index contributed by atoms with van der Waals surface area (Å²) >= 11 is 3.36. The van der Waals surface area contributed by atoms with E-state index in [4.69, 9.17) is 9.29 Å². The molecule has 2 fully saturated rings. The molecule has 1 saturated heterocycles. The molecule has 0 bridgehead atoms. The number of hydrogen-bond acceptors (Lipinski definition) is 6. The van der Waals surface area contributed by atoms with Crippen molar-refractivity contribution in [3.05, 3.63) is 96.6 Å². The monoisotopic (exact) mass is 868 g/mol. The highest BCUT2D eigenvalue weighted by atomic mass is 32.2. The van der Waals surface area contributed by atoms with Crippen LogP contribution in [0.5, 0.6) is 11.5 Å². The summed E-state index contributed by atoms with van der Waals surface area (Å²) in [6.45, 7) is 3.03. The van der Waals surface area contributed by atoms with Crippen molar-refractivity contribution >= 4 is 54.5 Å². The van der Waals surface area contributed by atoms with Gasteiger partial charge in [0, 0.05) is 21.7 Å². The Hall–Kier alpha value is -3.12. The SMILES string of the molecule is CCCCOc1ccc([S+]2CCCC2)c2ccccc12.O=S(=O)(O)C(F)(F)C(F)(F)C(F)(F)S(=O)(=O)Oc1ccc(C2CCCCC2)cc1.[SH2+]c1ccccc1. The van der Waals surface area contributed by atoms with E-state index in [2.05, 4.69) is 60.1 Å². The molecule has 56 heavy (non-hydrogen) atoms. The van der Waals surface area contributed by atoms with Gasteiger partial charge in [-0.2, -0.15) is 43.2 Å². The van der Waals surface area contributed by atoms with Gasteiger partial charge in [0.25, 0.3) is 0 Å². The second-order valence-corrected chi connectivity index (χ2v) is 19.2. The van der Waals surface area contributed by atoms with Crippen molar-refractivity contribution in [3.8, 4) is 11.5 Å². The summed E-state index contributed by atoms with van der Waals surface area (Å²) in [7, 11) is -13.4. The molecule has 0 spiro atoms. The summed E-state index contributed by atoms with van der Waals surface area (Å²) in [5.74, 6) is -3.96. The van der Waals surface area contributed by atoms with Gasteiger partial charge in [0.15, 0.2) is 4.90 Å². The lowest BCUT2D eigenvalue weighted by molar-refractivity contribution is -0.247. The number of alkyl halides is 6. The van der Waals surface area contributed by atoms with Crippen LogP contribution in [0.2, 0.25) is 0 Å². The molecule has 17 heteroatoms. The lowest BCUT2D eigenvalue weighted by Gasteiger charge is -2.29. The molecule has 0 amide bonds. The number of benzene rings is 4. The first-order valence-electron chi connectivity index (χ1n) is 18.1. The van der Waals surface area contributed by atoms with Crippen LogP contribution in [-0.4, -0.2) is 55.9 Å². The molecule has 6 rings (SSSR count). The fraction of sp³-hybridized carbons (Fsp3) is 0.436. The van der Waals surface area contributed by atoms with Gasteiger partial charge in [-0.15, -0.1) is 0 Å². The van der Waals surface area contributed by atoms with Gasteiger partial charge in [-0.3, -0.25) is 4.55 Å². The molecule has 0 atom stereocenters. The van der Waals surface area contributed by atoms with E-state index >= 15 is 0 Å². The smallest absolute Gasteiger partial charge is 0.450 e. The van der Waals surface area contributed by atoms with Crippen molar-refractivity contribution < 1.29 is 56.7 Å². The minimum absolute atomic E-state index is 0.133.